The molecule has 1 N–H and O–H groups in total. The monoisotopic (exact) mass is 261 g/mol. The number of para-hydroxylation sites is 1. The Hall–Kier alpha value is -1.81. The predicted molar refractivity (Wildman–Crippen MR) is 73.2 cm³/mol. The first-order chi connectivity index (χ1) is 9.24. The molecule has 0 amide bonds. The molecule has 0 aliphatic carbocycles. The number of nitrogens with one attached hydrogen (secondary N) is 1. The first-order valence-electron chi connectivity index (χ1n) is 6.41. The Kier molecular flexibility index (Phi) is 4.58. The minimum atomic E-state index is -0.262. The van der Waals surface area contributed by atoms with Crippen LogP contribution in [-0.2, 0) is 16.0 Å². The largest absolute Gasteiger partial charge is 0.489 e. The summed E-state index contributed by atoms with van der Waals surface area (Å²) in [5.74, 6) is 0.630. The van der Waals surface area contributed by atoms with Crippen LogP contribution in [-0.4, -0.2) is 31.8 Å². The van der Waals surface area contributed by atoms with Crippen LogP contribution in [0.5, 0.6) is 5.75 Å². The first-order valence-corrected chi connectivity index (χ1v) is 6.41. The molecule has 1 fully saturated rings. The summed E-state index contributed by atoms with van der Waals surface area (Å²) in [5.41, 5.74) is 1.11. The van der Waals surface area contributed by atoms with Gasteiger partial charge in [0.25, 0.3) is 0 Å². The van der Waals surface area contributed by atoms with Crippen LogP contribution in [0.1, 0.15) is 12.0 Å². The quantitative estimate of drug-likeness (QED) is 0.647. The lowest BCUT2D eigenvalue weighted by Crippen LogP contribution is -2.31. The molecule has 1 aromatic carbocycles. The number of hydrogen-bond acceptors (Lipinski definition) is 4. The second kappa shape index (κ2) is 6.38. The van der Waals surface area contributed by atoms with Gasteiger partial charge in [-0.1, -0.05) is 24.3 Å². The molecule has 0 saturated carbocycles. The summed E-state index contributed by atoms with van der Waals surface area (Å²) in [6.45, 7) is 4.40. The Morgan fingerprint density at radius 1 is 1.53 bits per heavy atom. The van der Waals surface area contributed by atoms with E-state index in [4.69, 9.17) is 9.47 Å². The first kappa shape index (κ1) is 13.6. The van der Waals surface area contributed by atoms with E-state index >= 15 is 0 Å². The van der Waals surface area contributed by atoms with Crippen LogP contribution in [0.2, 0.25) is 0 Å². The molecule has 4 heteroatoms. The average molecular weight is 261 g/mol. The van der Waals surface area contributed by atoms with E-state index in [-0.39, 0.29) is 18.1 Å². The SMILES string of the molecule is C=CCc1ccccc1O[C@H]1CN[C@@H](C(=O)OC)C1. The molecule has 4 nitrogen and oxygen atoms in total. The van der Waals surface area contributed by atoms with E-state index in [0.717, 1.165) is 17.7 Å². The molecular weight excluding hydrogens is 242 g/mol. The van der Waals surface area contributed by atoms with Crippen molar-refractivity contribution in [3.8, 4) is 5.75 Å². The average Bonchev–Trinajstić information content (AvgIpc) is 2.89. The number of benzene rings is 1. The minimum Gasteiger partial charge on any atom is -0.489 e. The predicted octanol–water partition coefficient (Wildman–Crippen LogP) is 1.70. The minimum absolute atomic E-state index is 0.00457. The number of ether oxygens (including phenoxy) is 2. The Balaban J connectivity index is 1.99. The third-order valence-corrected chi connectivity index (χ3v) is 3.21. The maximum absolute atomic E-state index is 11.4. The molecule has 0 radical (unpaired) electrons. The summed E-state index contributed by atoms with van der Waals surface area (Å²) in [7, 11) is 1.40. The molecule has 19 heavy (non-hydrogen) atoms. The van der Waals surface area contributed by atoms with Gasteiger partial charge in [0, 0.05) is 13.0 Å². The molecule has 0 spiro atoms. The summed E-state index contributed by atoms with van der Waals surface area (Å²) in [6.07, 6.45) is 3.26. The second-order valence-electron chi connectivity index (χ2n) is 4.56. The standard InChI is InChI=1S/C15H19NO3/c1-3-6-11-7-4-5-8-14(11)19-12-9-13(16-10-12)15(17)18-2/h3-5,7-8,12-13,16H,1,6,9-10H2,2H3/t12-,13-/m1/s1. The molecule has 102 valence electrons. The summed E-state index contributed by atoms with van der Waals surface area (Å²) in [5, 5.41) is 3.11. The van der Waals surface area contributed by atoms with Crippen LogP contribution in [0.3, 0.4) is 0 Å². The molecule has 0 bridgehead atoms. The highest BCUT2D eigenvalue weighted by molar-refractivity contribution is 5.76. The van der Waals surface area contributed by atoms with Crippen molar-refractivity contribution in [2.75, 3.05) is 13.7 Å². The van der Waals surface area contributed by atoms with E-state index in [1.54, 1.807) is 0 Å². The van der Waals surface area contributed by atoms with Gasteiger partial charge in [-0.25, -0.2) is 0 Å². The van der Waals surface area contributed by atoms with E-state index < -0.39 is 0 Å². The molecule has 0 unspecified atom stereocenters. The zero-order chi connectivity index (χ0) is 13.7. The van der Waals surface area contributed by atoms with Crippen molar-refractivity contribution in [2.45, 2.75) is 25.0 Å². The highest BCUT2D eigenvalue weighted by atomic mass is 16.5. The van der Waals surface area contributed by atoms with Crippen molar-refractivity contribution in [1.29, 1.82) is 0 Å². The Morgan fingerprint density at radius 2 is 2.32 bits per heavy atom. The van der Waals surface area contributed by atoms with Crippen LogP contribution < -0.4 is 10.1 Å². The van der Waals surface area contributed by atoms with E-state index in [1.165, 1.54) is 7.11 Å². The zero-order valence-electron chi connectivity index (χ0n) is 11.1. The Labute approximate surface area is 113 Å². The molecule has 1 aliphatic rings. The molecule has 1 saturated heterocycles. The molecule has 2 rings (SSSR count). The zero-order valence-corrected chi connectivity index (χ0v) is 11.1. The molecule has 2 atom stereocenters. The van der Waals surface area contributed by atoms with Crippen molar-refractivity contribution in [1.82, 2.24) is 5.32 Å². The van der Waals surface area contributed by atoms with Crippen LogP contribution >= 0.6 is 0 Å². The van der Waals surface area contributed by atoms with E-state index in [2.05, 4.69) is 11.9 Å². The van der Waals surface area contributed by atoms with Crippen LogP contribution in [0.25, 0.3) is 0 Å². The smallest absolute Gasteiger partial charge is 0.323 e. The number of esters is 1. The molecule has 1 heterocycles. The molecular formula is C15H19NO3. The normalized spacial score (nSPS) is 21.9. The molecule has 1 aromatic rings. The number of rotatable bonds is 5. The highest BCUT2D eigenvalue weighted by Crippen LogP contribution is 2.23. The van der Waals surface area contributed by atoms with Gasteiger partial charge >= 0.3 is 5.97 Å². The number of carbonyl (C=O) groups excluding carboxylic acids is 1. The Bertz CT molecular complexity index is 458. The lowest BCUT2D eigenvalue weighted by atomic mass is 10.1. The van der Waals surface area contributed by atoms with Gasteiger partial charge in [0.15, 0.2) is 0 Å². The van der Waals surface area contributed by atoms with Gasteiger partial charge in [0.1, 0.15) is 17.9 Å². The van der Waals surface area contributed by atoms with E-state index in [1.807, 2.05) is 30.3 Å². The van der Waals surface area contributed by atoms with Gasteiger partial charge in [0.2, 0.25) is 0 Å². The van der Waals surface area contributed by atoms with Crippen molar-refractivity contribution < 1.29 is 14.3 Å². The topological polar surface area (TPSA) is 47.6 Å². The molecule has 0 aromatic heterocycles. The van der Waals surface area contributed by atoms with Gasteiger partial charge in [-0.2, -0.15) is 0 Å². The lowest BCUT2D eigenvalue weighted by molar-refractivity contribution is -0.142. The third kappa shape index (κ3) is 3.35. The van der Waals surface area contributed by atoms with Gasteiger partial charge < -0.3 is 14.8 Å². The third-order valence-electron chi connectivity index (χ3n) is 3.21. The fourth-order valence-corrected chi connectivity index (χ4v) is 2.24. The van der Waals surface area contributed by atoms with E-state index in [0.29, 0.717) is 13.0 Å². The van der Waals surface area contributed by atoms with Gasteiger partial charge in [-0.05, 0) is 18.1 Å². The summed E-state index contributed by atoms with van der Waals surface area (Å²) < 4.78 is 10.7. The van der Waals surface area contributed by atoms with Crippen LogP contribution in [0.4, 0.5) is 0 Å². The van der Waals surface area contributed by atoms with Gasteiger partial charge in [-0.3, -0.25) is 4.79 Å². The number of hydrogen-bond donors (Lipinski definition) is 1. The van der Waals surface area contributed by atoms with Crippen molar-refractivity contribution >= 4 is 5.97 Å². The summed E-state index contributed by atoms with van der Waals surface area (Å²) in [4.78, 5) is 11.4. The van der Waals surface area contributed by atoms with Crippen molar-refractivity contribution in [2.24, 2.45) is 0 Å². The van der Waals surface area contributed by atoms with Gasteiger partial charge in [0.05, 0.1) is 7.11 Å². The maximum atomic E-state index is 11.4. The fourth-order valence-electron chi connectivity index (χ4n) is 2.24. The van der Waals surface area contributed by atoms with Crippen LogP contribution in [0, 0.1) is 0 Å². The second-order valence-corrected chi connectivity index (χ2v) is 4.56. The van der Waals surface area contributed by atoms with Crippen molar-refractivity contribution in [3.63, 3.8) is 0 Å². The van der Waals surface area contributed by atoms with E-state index in [9.17, 15) is 4.79 Å². The maximum Gasteiger partial charge on any atom is 0.323 e. The fraction of sp³-hybridized carbons (Fsp3) is 0.400. The number of methoxy groups -OCH3 is 1. The Morgan fingerprint density at radius 3 is 3.05 bits per heavy atom. The number of allylic oxidation sites excluding steroid dienone is 1. The van der Waals surface area contributed by atoms with Crippen LogP contribution in [0.15, 0.2) is 36.9 Å². The number of carbonyl (C=O) groups is 1. The summed E-state index contributed by atoms with van der Waals surface area (Å²) >= 11 is 0. The lowest BCUT2D eigenvalue weighted by Gasteiger charge is -2.15. The highest BCUT2D eigenvalue weighted by Gasteiger charge is 2.31. The summed E-state index contributed by atoms with van der Waals surface area (Å²) in [6, 6.07) is 7.64. The van der Waals surface area contributed by atoms with Gasteiger partial charge in [-0.15, -0.1) is 6.58 Å². The van der Waals surface area contributed by atoms with Crippen molar-refractivity contribution in [3.05, 3.63) is 42.5 Å². The molecule has 1 aliphatic heterocycles.